The van der Waals surface area contributed by atoms with Gasteiger partial charge in [-0.2, -0.15) is 0 Å². The molecule has 3 rings (SSSR count). The van der Waals surface area contributed by atoms with Crippen LogP contribution < -0.4 is 10.1 Å². The number of rotatable bonds is 17. The van der Waals surface area contributed by atoms with Crippen LogP contribution in [0.25, 0.3) is 11.5 Å². The average molecular weight is 582 g/mol. The number of hydrogen-bond donors (Lipinski definition) is 1. The number of aromatic nitrogens is 2. The third-order valence-electron chi connectivity index (χ3n) is 5.37. The zero-order chi connectivity index (χ0) is 28.3. The lowest BCUT2D eigenvalue weighted by Gasteiger charge is -2.31. The van der Waals surface area contributed by atoms with Crippen molar-refractivity contribution in [2.75, 3.05) is 38.4 Å². The molecule has 0 atom stereocenters. The second-order valence-electron chi connectivity index (χ2n) is 8.13. The molecule has 0 aliphatic heterocycles. The molecule has 3 aromatic rings. The number of benzene rings is 1. The van der Waals surface area contributed by atoms with Gasteiger partial charge in [-0.1, -0.05) is 18.2 Å². The molecule has 0 saturated heterocycles. The topological polar surface area (TPSA) is 131 Å². The van der Waals surface area contributed by atoms with E-state index in [2.05, 4.69) is 15.3 Å². The van der Waals surface area contributed by atoms with Gasteiger partial charge in [0.2, 0.25) is 11.4 Å². The third kappa shape index (κ3) is 8.24. The number of nitrogens with one attached hydrogen (secondary N) is 1. The van der Waals surface area contributed by atoms with Crippen LogP contribution >= 0.6 is 15.2 Å². The van der Waals surface area contributed by atoms with Crippen molar-refractivity contribution in [2.45, 2.75) is 46.6 Å². The summed E-state index contributed by atoms with van der Waals surface area (Å²) in [5, 5.41) is 2.92. The molecular formula is C26H37N3O8P2. The molecule has 0 unspecified atom stereocenters. The summed E-state index contributed by atoms with van der Waals surface area (Å²) in [4.78, 5) is 8.93. The molecular weight excluding hydrogens is 544 g/mol. The summed E-state index contributed by atoms with van der Waals surface area (Å²) in [7, 11) is -7.95. The number of pyridine rings is 1. The van der Waals surface area contributed by atoms with Gasteiger partial charge in [-0.15, -0.1) is 0 Å². The normalized spacial score (nSPS) is 12.2. The van der Waals surface area contributed by atoms with Gasteiger partial charge in [0.1, 0.15) is 17.3 Å². The minimum absolute atomic E-state index is 0.0751. The number of oxazole rings is 1. The van der Waals surface area contributed by atoms with Crippen molar-refractivity contribution in [2.24, 2.45) is 0 Å². The standard InChI is InChI=1S/C26H37N3O8P2/c1-6-33-38(30,34-7-2)26(39(31,35-8-3)36-9-4)29-24-16-15-22(19-27-24)32-18-17-23-20(5)37-25(28-23)21-13-11-10-12-14-21/h10-16,19,26H,6-9,17-18H2,1-5H3,(H,27,29). The largest absolute Gasteiger partial charge is 0.492 e. The van der Waals surface area contributed by atoms with E-state index in [1.807, 2.05) is 37.3 Å². The molecule has 0 spiro atoms. The van der Waals surface area contributed by atoms with Crippen molar-refractivity contribution in [3.63, 3.8) is 0 Å². The summed E-state index contributed by atoms with van der Waals surface area (Å²) in [5.74, 6) is 2.09. The summed E-state index contributed by atoms with van der Waals surface area (Å²) in [6.07, 6.45) is 2.05. The summed E-state index contributed by atoms with van der Waals surface area (Å²) in [6.45, 7) is 9.21. The van der Waals surface area contributed by atoms with Gasteiger partial charge in [-0.3, -0.25) is 9.13 Å². The first-order valence-electron chi connectivity index (χ1n) is 12.9. The van der Waals surface area contributed by atoms with Crippen LogP contribution in [0, 0.1) is 6.92 Å². The SMILES string of the molecule is CCOP(=O)(OCC)C(Nc1ccc(OCCc2nc(-c3ccccc3)oc2C)cn1)P(=O)(OCC)OCC. The molecule has 0 radical (unpaired) electrons. The zero-order valence-electron chi connectivity index (χ0n) is 23.0. The summed E-state index contributed by atoms with van der Waals surface area (Å²) >= 11 is 0. The lowest BCUT2D eigenvalue weighted by Crippen LogP contribution is -2.26. The monoisotopic (exact) mass is 581 g/mol. The van der Waals surface area contributed by atoms with Gasteiger partial charge in [0.05, 0.1) is 44.9 Å². The van der Waals surface area contributed by atoms with Crippen molar-refractivity contribution in [1.82, 2.24) is 9.97 Å². The van der Waals surface area contributed by atoms with E-state index < -0.39 is 20.7 Å². The fourth-order valence-electron chi connectivity index (χ4n) is 3.72. The Kier molecular flexibility index (Phi) is 11.7. The Balaban J connectivity index is 1.70. The van der Waals surface area contributed by atoms with Crippen LogP contribution in [0.5, 0.6) is 5.75 Å². The molecule has 0 bridgehead atoms. The summed E-state index contributed by atoms with van der Waals surface area (Å²) in [5.41, 5.74) is 0.306. The molecule has 0 aliphatic rings. The maximum Gasteiger partial charge on any atom is 0.365 e. The van der Waals surface area contributed by atoms with E-state index in [4.69, 9.17) is 27.2 Å². The smallest absolute Gasteiger partial charge is 0.365 e. The van der Waals surface area contributed by atoms with Crippen LogP contribution in [-0.2, 0) is 33.6 Å². The van der Waals surface area contributed by atoms with Gasteiger partial charge in [-0.25, -0.2) is 9.97 Å². The van der Waals surface area contributed by atoms with Crippen molar-refractivity contribution in [3.05, 3.63) is 60.1 Å². The Labute approximate surface area is 229 Å². The van der Waals surface area contributed by atoms with E-state index in [9.17, 15) is 9.13 Å². The molecule has 0 aliphatic carbocycles. The van der Waals surface area contributed by atoms with E-state index in [0.717, 1.165) is 17.0 Å². The molecule has 39 heavy (non-hydrogen) atoms. The molecule has 2 heterocycles. The molecule has 2 aromatic heterocycles. The van der Waals surface area contributed by atoms with E-state index in [1.165, 1.54) is 6.20 Å². The first-order valence-corrected chi connectivity index (χ1v) is 16.2. The Bertz CT molecular complexity index is 1200. The number of ether oxygens (including phenoxy) is 1. The van der Waals surface area contributed by atoms with Crippen LogP contribution in [0.4, 0.5) is 5.82 Å². The zero-order valence-corrected chi connectivity index (χ0v) is 24.8. The van der Waals surface area contributed by atoms with Gasteiger partial charge in [0.15, 0.2) is 0 Å². The van der Waals surface area contributed by atoms with E-state index in [0.29, 0.717) is 24.7 Å². The summed E-state index contributed by atoms with van der Waals surface area (Å²) < 4.78 is 60.9. The maximum absolute atomic E-state index is 13.7. The van der Waals surface area contributed by atoms with Gasteiger partial charge in [-0.05, 0) is 58.9 Å². The first kappa shape index (κ1) is 31.0. The van der Waals surface area contributed by atoms with E-state index >= 15 is 0 Å². The van der Waals surface area contributed by atoms with Crippen LogP contribution in [0.15, 0.2) is 53.1 Å². The Morgan fingerprint density at radius 2 is 1.46 bits per heavy atom. The van der Waals surface area contributed by atoms with Crippen LogP contribution in [0.3, 0.4) is 0 Å². The second kappa shape index (κ2) is 14.7. The minimum atomic E-state index is -3.98. The maximum atomic E-state index is 13.7. The lowest BCUT2D eigenvalue weighted by molar-refractivity contribution is 0.198. The van der Waals surface area contributed by atoms with Gasteiger partial charge in [0.25, 0.3) is 0 Å². The van der Waals surface area contributed by atoms with Crippen molar-refractivity contribution in [3.8, 4) is 17.2 Å². The summed E-state index contributed by atoms with van der Waals surface area (Å²) in [6, 6.07) is 13.0. The molecule has 0 fully saturated rings. The highest BCUT2D eigenvalue weighted by Gasteiger charge is 2.51. The molecule has 1 N–H and O–H groups in total. The molecule has 13 heteroatoms. The Hall–Kier alpha value is -2.52. The van der Waals surface area contributed by atoms with E-state index in [-0.39, 0.29) is 32.2 Å². The average Bonchev–Trinajstić information content (AvgIpc) is 3.29. The van der Waals surface area contributed by atoms with Crippen LogP contribution in [0.1, 0.15) is 39.1 Å². The molecule has 214 valence electrons. The molecule has 11 nitrogen and oxygen atoms in total. The molecule has 1 aromatic carbocycles. The predicted molar refractivity (Wildman–Crippen MR) is 149 cm³/mol. The minimum Gasteiger partial charge on any atom is -0.492 e. The van der Waals surface area contributed by atoms with Crippen molar-refractivity contribution >= 4 is 21.0 Å². The Morgan fingerprint density at radius 1 is 0.872 bits per heavy atom. The van der Waals surface area contributed by atoms with E-state index in [1.54, 1.807) is 39.8 Å². The molecule has 0 amide bonds. The lowest BCUT2D eigenvalue weighted by atomic mass is 10.2. The van der Waals surface area contributed by atoms with Gasteiger partial charge >= 0.3 is 15.2 Å². The van der Waals surface area contributed by atoms with Crippen LogP contribution in [0.2, 0.25) is 0 Å². The van der Waals surface area contributed by atoms with Crippen molar-refractivity contribution < 1.29 is 36.4 Å². The van der Waals surface area contributed by atoms with Crippen molar-refractivity contribution in [1.29, 1.82) is 0 Å². The number of anilines is 1. The fraction of sp³-hybridized carbons (Fsp3) is 0.462. The number of nitrogens with zero attached hydrogens (tertiary/aromatic N) is 2. The predicted octanol–water partition coefficient (Wildman–Crippen LogP) is 6.89. The number of hydrogen-bond acceptors (Lipinski definition) is 11. The van der Waals surface area contributed by atoms with Gasteiger partial charge in [0, 0.05) is 12.0 Å². The highest BCUT2D eigenvalue weighted by molar-refractivity contribution is 7.72. The molecule has 0 saturated carbocycles. The number of aryl methyl sites for hydroxylation is 1. The Morgan fingerprint density at radius 3 is 1.97 bits per heavy atom. The third-order valence-corrected chi connectivity index (χ3v) is 11.0. The second-order valence-corrected chi connectivity index (χ2v) is 12.8. The highest BCUT2D eigenvalue weighted by atomic mass is 31.2. The quantitative estimate of drug-likeness (QED) is 0.167. The highest BCUT2D eigenvalue weighted by Crippen LogP contribution is 2.70. The first-order chi connectivity index (χ1) is 18.8. The van der Waals surface area contributed by atoms with Gasteiger partial charge < -0.3 is 32.6 Å². The fourth-order valence-corrected chi connectivity index (χ4v) is 8.64. The van der Waals surface area contributed by atoms with Crippen LogP contribution in [-0.4, -0.2) is 48.5 Å².